The highest BCUT2D eigenvalue weighted by atomic mass is 35.5. The number of halogens is 1. The van der Waals surface area contributed by atoms with E-state index in [0.717, 1.165) is 45.0 Å². The minimum atomic E-state index is -0.199. The molecule has 0 amide bonds. The van der Waals surface area contributed by atoms with Crippen LogP contribution >= 0.6 is 11.6 Å². The summed E-state index contributed by atoms with van der Waals surface area (Å²) in [5.74, 6) is 1.44. The van der Waals surface area contributed by atoms with Gasteiger partial charge in [-0.15, -0.1) is 0 Å². The van der Waals surface area contributed by atoms with Crippen LogP contribution in [0.3, 0.4) is 0 Å². The molecule has 0 spiro atoms. The summed E-state index contributed by atoms with van der Waals surface area (Å²) in [6.07, 6.45) is 0.944. The third kappa shape index (κ3) is 5.39. The van der Waals surface area contributed by atoms with Crippen LogP contribution in [0.15, 0.2) is 54.6 Å². The van der Waals surface area contributed by atoms with Crippen molar-refractivity contribution in [3.63, 3.8) is 0 Å². The molecular weight excluding hydrogens is 450 g/mol. The van der Waals surface area contributed by atoms with E-state index in [4.69, 9.17) is 26.1 Å². The molecule has 0 aliphatic heterocycles. The van der Waals surface area contributed by atoms with Crippen molar-refractivity contribution in [1.29, 1.82) is 0 Å². The zero-order chi connectivity index (χ0) is 24.1. The first kappa shape index (κ1) is 23.8. The number of fused-ring (bicyclic) bond motifs is 1. The van der Waals surface area contributed by atoms with Crippen LogP contribution < -0.4 is 4.74 Å². The lowest BCUT2D eigenvalue weighted by molar-refractivity contribution is -0.143. The maximum atomic E-state index is 11.5. The van der Waals surface area contributed by atoms with Crippen molar-refractivity contribution in [2.24, 2.45) is 0 Å². The molecule has 0 saturated carbocycles. The zero-order valence-corrected chi connectivity index (χ0v) is 20.4. The van der Waals surface area contributed by atoms with E-state index in [9.17, 15) is 4.79 Å². The Morgan fingerprint density at radius 1 is 1.06 bits per heavy atom. The topological polar surface area (TPSA) is 66.2 Å². The lowest BCUT2D eigenvalue weighted by Crippen LogP contribution is -2.07. The van der Waals surface area contributed by atoms with Crippen LogP contribution in [0.5, 0.6) is 5.75 Å². The summed E-state index contributed by atoms with van der Waals surface area (Å²) < 4.78 is 13.0. The van der Waals surface area contributed by atoms with Crippen molar-refractivity contribution in [2.75, 3.05) is 13.2 Å². The van der Waals surface area contributed by atoms with Gasteiger partial charge >= 0.3 is 5.97 Å². The predicted octanol–water partition coefficient (Wildman–Crippen LogP) is 6.14. The number of hydrogen-bond acceptors (Lipinski definition) is 5. The summed E-state index contributed by atoms with van der Waals surface area (Å²) in [7, 11) is 0. The van der Waals surface area contributed by atoms with E-state index >= 15 is 0 Å². The average molecular weight is 478 g/mol. The molecule has 176 valence electrons. The van der Waals surface area contributed by atoms with Crippen molar-refractivity contribution in [3.8, 4) is 17.0 Å². The number of carbonyl (C=O) groups excluding carboxylic acids is 1. The number of benzene rings is 2. The fourth-order valence-corrected chi connectivity index (χ4v) is 4.13. The van der Waals surface area contributed by atoms with E-state index in [2.05, 4.69) is 9.55 Å². The number of nitrogens with zero attached hydrogens (tertiary/aromatic N) is 3. The molecule has 0 radical (unpaired) electrons. The maximum Gasteiger partial charge on any atom is 0.305 e. The van der Waals surface area contributed by atoms with Crippen LogP contribution in [0, 0.1) is 13.8 Å². The molecule has 0 unspecified atom stereocenters. The van der Waals surface area contributed by atoms with Gasteiger partial charge in [0.1, 0.15) is 16.7 Å². The van der Waals surface area contributed by atoms with Gasteiger partial charge in [0.25, 0.3) is 0 Å². The van der Waals surface area contributed by atoms with Gasteiger partial charge in [-0.1, -0.05) is 48.0 Å². The molecule has 0 bridgehead atoms. The molecule has 4 rings (SSSR count). The Hall–Kier alpha value is -3.38. The highest BCUT2D eigenvalue weighted by Gasteiger charge is 2.14. The Balaban J connectivity index is 1.54. The molecule has 6 nitrogen and oxygen atoms in total. The Morgan fingerprint density at radius 3 is 2.59 bits per heavy atom. The standard InChI is InChI=1S/C27H28ClN3O3/c1-4-33-25(32)11-8-14-34-22-15-18(2)26-24(16-22)31(19(3)29-26)17-21-12-13-23(30-27(21)28)20-9-6-5-7-10-20/h5-7,9-10,12-13,15-16H,4,8,11,14,17H2,1-3H3. The van der Waals surface area contributed by atoms with Crippen LogP contribution in [0.1, 0.15) is 36.7 Å². The Bertz CT molecular complexity index is 1300. The van der Waals surface area contributed by atoms with Crippen LogP contribution in [0.25, 0.3) is 22.3 Å². The maximum absolute atomic E-state index is 11.5. The van der Waals surface area contributed by atoms with E-state index in [1.54, 1.807) is 6.92 Å². The molecule has 0 saturated heterocycles. The van der Waals surface area contributed by atoms with Gasteiger partial charge in [-0.3, -0.25) is 4.79 Å². The molecule has 2 heterocycles. The summed E-state index contributed by atoms with van der Waals surface area (Å²) in [6, 6.07) is 18.0. The molecule has 7 heteroatoms. The van der Waals surface area contributed by atoms with Crippen molar-refractivity contribution in [1.82, 2.24) is 14.5 Å². The molecule has 34 heavy (non-hydrogen) atoms. The monoisotopic (exact) mass is 477 g/mol. The molecule has 2 aromatic carbocycles. The third-order valence-corrected chi connectivity index (χ3v) is 5.96. The second-order valence-corrected chi connectivity index (χ2v) is 8.48. The van der Waals surface area contributed by atoms with Gasteiger partial charge in [0.15, 0.2) is 0 Å². The number of esters is 1. The van der Waals surface area contributed by atoms with Crippen molar-refractivity contribution in [3.05, 3.63) is 76.7 Å². The average Bonchev–Trinajstić information content (AvgIpc) is 3.14. The first-order valence-electron chi connectivity index (χ1n) is 11.4. The van der Waals surface area contributed by atoms with E-state index in [-0.39, 0.29) is 5.97 Å². The highest BCUT2D eigenvalue weighted by molar-refractivity contribution is 6.30. The van der Waals surface area contributed by atoms with Gasteiger partial charge in [0.05, 0.1) is 36.5 Å². The predicted molar refractivity (Wildman–Crippen MR) is 134 cm³/mol. The van der Waals surface area contributed by atoms with Crippen molar-refractivity contribution in [2.45, 2.75) is 40.2 Å². The van der Waals surface area contributed by atoms with Crippen LogP contribution in [-0.2, 0) is 16.1 Å². The van der Waals surface area contributed by atoms with Crippen LogP contribution in [-0.4, -0.2) is 33.7 Å². The molecule has 0 aliphatic rings. The minimum Gasteiger partial charge on any atom is -0.493 e. The first-order valence-corrected chi connectivity index (χ1v) is 11.8. The van der Waals surface area contributed by atoms with Gasteiger partial charge in [-0.05, 0) is 44.9 Å². The fraction of sp³-hybridized carbons (Fsp3) is 0.296. The summed E-state index contributed by atoms with van der Waals surface area (Å²) in [4.78, 5) is 20.9. The van der Waals surface area contributed by atoms with E-state index in [1.807, 2.05) is 68.4 Å². The Morgan fingerprint density at radius 2 is 1.85 bits per heavy atom. The van der Waals surface area contributed by atoms with Crippen LogP contribution in [0.4, 0.5) is 0 Å². The third-order valence-electron chi connectivity index (χ3n) is 5.63. The van der Waals surface area contributed by atoms with E-state index < -0.39 is 0 Å². The normalized spacial score (nSPS) is 11.1. The Labute approximate surface area is 204 Å². The molecule has 0 atom stereocenters. The molecule has 4 aromatic rings. The lowest BCUT2D eigenvalue weighted by Gasteiger charge is -2.12. The number of aryl methyl sites for hydroxylation is 2. The fourth-order valence-electron chi connectivity index (χ4n) is 3.92. The number of aromatic nitrogens is 3. The number of ether oxygens (including phenoxy) is 2. The Kier molecular flexibility index (Phi) is 7.48. The van der Waals surface area contributed by atoms with E-state index in [1.165, 1.54) is 0 Å². The quantitative estimate of drug-likeness (QED) is 0.164. The number of pyridine rings is 1. The van der Waals surface area contributed by atoms with Gasteiger partial charge in [-0.2, -0.15) is 0 Å². The molecular formula is C27H28ClN3O3. The SMILES string of the molecule is CCOC(=O)CCCOc1cc(C)c2nc(C)n(Cc3ccc(-c4ccccc4)nc3Cl)c2c1. The second-order valence-electron chi connectivity index (χ2n) is 8.12. The number of rotatable bonds is 9. The zero-order valence-electron chi connectivity index (χ0n) is 19.7. The largest absolute Gasteiger partial charge is 0.493 e. The minimum absolute atomic E-state index is 0.199. The summed E-state index contributed by atoms with van der Waals surface area (Å²) in [6.45, 7) is 7.20. The molecule has 0 N–H and O–H groups in total. The van der Waals surface area contributed by atoms with Crippen molar-refractivity contribution < 1.29 is 14.3 Å². The van der Waals surface area contributed by atoms with Gasteiger partial charge in [0.2, 0.25) is 0 Å². The molecule has 0 aliphatic carbocycles. The van der Waals surface area contributed by atoms with Gasteiger partial charge in [-0.25, -0.2) is 9.97 Å². The van der Waals surface area contributed by atoms with Gasteiger partial charge < -0.3 is 14.0 Å². The lowest BCUT2D eigenvalue weighted by atomic mass is 10.1. The smallest absolute Gasteiger partial charge is 0.305 e. The van der Waals surface area contributed by atoms with Crippen LogP contribution in [0.2, 0.25) is 5.15 Å². The molecule has 2 aromatic heterocycles. The van der Waals surface area contributed by atoms with Crippen molar-refractivity contribution >= 4 is 28.6 Å². The number of carbonyl (C=O) groups is 1. The summed E-state index contributed by atoms with van der Waals surface area (Å²) >= 11 is 6.59. The van der Waals surface area contributed by atoms with Gasteiger partial charge in [0, 0.05) is 23.6 Å². The summed E-state index contributed by atoms with van der Waals surface area (Å²) in [5, 5.41) is 0.477. The number of imidazole rings is 1. The number of hydrogen-bond donors (Lipinski definition) is 0. The first-order chi connectivity index (χ1) is 16.5. The second kappa shape index (κ2) is 10.7. The highest BCUT2D eigenvalue weighted by Crippen LogP contribution is 2.28. The summed E-state index contributed by atoms with van der Waals surface area (Å²) in [5.41, 5.74) is 5.73. The molecule has 0 fully saturated rings. The van der Waals surface area contributed by atoms with E-state index in [0.29, 0.717) is 37.8 Å².